The topological polar surface area (TPSA) is 71.3 Å². The lowest BCUT2D eigenvalue weighted by Crippen LogP contribution is -2.24. The first-order valence-electron chi connectivity index (χ1n) is 8.91. The van der Waals surface area contributed by atoms with E-state index in [9.17, 15) is 9.59 Å². The van der Waals surface area contributed by atoms with Gasteiger partial charge in [-0.2, -0.15) is 0 Å². The van der Waals surface area contributed by atoms with Gasteiger partial charge in [-0.25, -0.2) is 0 Å². The van der Waals surface area contributed by atoms with Crippen molar-refractivity contribution in [3.63, 3.8) is 0 Å². The molecule has 0 bridgehead atoms. The van der Waals surface area contributed by atoms with Crippen LogP contribution in [0.5, 0.6) is 0 Å². The predicted octanol–water partition coefficient (Wildman–Crippen LogP) is 3.46. The average Bonchev–Trinajstić information content (AvgIpc) is 3.24. The van der Waals surface area contributed by atoms with E-state index in [0.717, 1.165) is 17.5 Å². The predicted molar refractivity (Wildman–Crippen MR) is 103 cm³/mol. The van der Waals surface area contributed by atoms with Gasteiger partial charge in [0.1, 0.15) is 5.76 Å². The van der Waals surface area contributed by atoms with Gasteiger partial charge in [0.2, 0.25) is 5.91 Å². The summed E-state index contributed by atoms with van der Waals surface area (Å²) in [5.74, 6) is 0.558. The van der Waals surface area contributed by atoms with Crippen molar-refractivity contribution < 1.29 is 14.0 Å². The molecule has 0 unspecified atom stereocenters. The normalized spacial score (nSPS) is 10.4. The number of aryl methyl sites for hydroxylation is 1. The molecule has 0 aliphatic heterocycles. The highest BCUT2D eigenvalue weighted by Gasteiger charge is 2.07. The highest BCUT2D eigenvalue weighted by atomic mass is 16.3. The third kappa shape index (κ3) is 5.85. The summed E-state index contributed by atoms with van der Waals surface area (Å²) < 4.78 is 5.19. The summed E-state index contributed by atoms with van der Waals surface area (Å²) in [6.45, 7) is 0.799. The van der Waals surface area contributed by atoms with Crippen LogP contribution in [0.25, 0.3) is 0 Å². The molecule has 1 heterocycles. The van der Waals surface area contributed by atoms with Crippen LogP contribution < -0.4 is 10.6 Å². The molecular weight excluding hydrogens is 340 g/mol. The molecule has 3 aromatic rings. The van der Waals surface area contributed by atoms with Crippen LogP contribution in [-0.4, -0.2) is 11.8 Å². The van der Waals surface area contributed by atoms with E-state index in [1.165, 1.54) is 0 Å². The number of amides is 2. The van der Waals surface area contributed by atoms with Gasteiger partial charge < -0.3 is 15.1 Å². The van der Waals surface area contributed by atoms with Gasteiger partial charge in [0, 0.05) is 18.5 Å². The fourth-order valence-electron chi connectivity index (χ4n) is 2.65. The van der Waals surface area contributed by atoms with Gasteiger partial charge in [-0.1, -0.05) is 42.5 Å². The minimum atomic E-state index is -0.162. The molecule has 0 spiro atoms. The second-order valence-electron chi connectivity index (χ2n) is 6.22. The number of nitrogens with one attached hydrogen (secondary N) is 2. The molecule has 0 aliphatic carbocycles. The molecule has 2 amide bonds. The molecule has 2 aromatic carbocycles. The summed E-state index contributed by atoms with van der Waals surface area (Å²) in [4.78, 5) is 24.1. The zero-order valence-corrected chi connectivity index (χ0v) is 15.0. The van der Waals surface area contributed by atoms with Gasteiger partial charge in [0.05, 0.1) is 12.8 Å². The van der Waals surface area contributed by atoms with E-state index >= 15 is 0 Å². The fraction of sp³-hybridized carbons (Fsp3) is 0.182. The minimum Gasteiger partial charge on any atom is -0.467 e. The standard InChI is InChI=1S/C22H22N2O3/c25-21(13-10-17-5-2-1-3-6-17)23-15-18-8-11-19(12-9-18)22(26)24-16-20-7-4-14-27-20/h1-9,11-12,14H,10,13,15-16H2,(H,23,25)(H,24,26). The van der Waals surface area contributed by atoms with Gasteiger partial charge in [0.25, 0.3) is 5.91 Å². The van der Waals surface area contributed by atoms with Crippen molar-refractivity contribution in [1.29, 1.82) is 0 Å². The average molecular weight is 362 g/mol. The van der Waals surface area contributed by atoms with Gasteiger partial charge in [-0.15, -0.1) is 0 Å². The lowest BCUT2D eigenvalue weighted by molar-refractivity contribution is -0.121. The highest BCUT2D eigenvalue weighted by Crippen LogP contribution is 2.07. The molecule has 2 N–H and O–H groups in total. The molecule has 0 radical (unpaired) electrons. The molecular formula is C22H22N2O3. The maximum Gasteiger partial charge on any atom is 0.251 e. The Balaban J connectivity index is 1.41. The van der Waals surface area contributed by atoms with Crippen molar-refractivity contribution in [2.45, 2.75) is 25.9 Å². The van der Waals surface area contributed by atoms with E-state index in [0.29, 0.717) is 30.8 Å². The summed E-state index contributed by atoms with van der Waals surface area (Å²) in [7, 11) is 0. The largest absolute Gasteiger partial charge is 0.467 e. The zero-order valence-electron chi connectivity index (χ0n) is 15.0. The zero-order chi connectivity index (χ0) is 18.9. The van der Waals surface area contributed by atoms with Crippen LogP contribution in [0.4, 0.5) is 0 Å². The first-order valence-corrected chi connectivity index (χ1v) is 8.91. The van der Waals surface area contributed by atoms with Gasteiger partial charge in [0.15, 0.2) is 0 Å². The van der Waals surface area contributed by atoms with E-state index in [4.69, 9.17) is 4.42 Å². The fourth-order valence-corrected chi connectivity index (χ4v) is 2.65. The number of hydrogen-bond acceptors (Lipinski definition) is 3. The Kier molecular flexibility index (Phi) is 6.41. The third-order valence-corrected chi connectivity index (χ3v) is 4.19. The molecule has 0 saturated carbocycles. The van der Waals surface area contributed by atoms with Crippen LogP contribution in [0.15, 0.2) is 77.4 Å². The first kappa shape index (κ1) is 18.5. The van der Waals surface area contributed by atoms with Crippen LogP contribution in [0.2, 0.25) is 0 Å². The lowest BCUT2D eigenvalue weighted by Gasteiger charge is -2.07. The number of carbonyl (C=O) groups excluding carboxylic acids is 2. The van der Waals surface area contributed by atoms with Crippen LogP contribution in [0.3, 0.4) is 0 Å². The maximum atomic E-state index is 12.1. The van der Waals surface area contributed by atoms with Crippen LogP contribution in [-0.2, 0) is 24.3 Å². The van der Waals surface area contributed by atoms with E-state index in [2.05, 4.69) is 10.6 Å². The molecule has 3 rings (SSSR count). The van der Waals surface area contributed by atoms with E-state index in [1.54, 1.807) is 24.5 Å². The Labute approximate surface area is 158 Å². The molecule has 0 fully saturated rings. The maximum absolute atomic E-state index is 12.1. The summed E-state index contributed by atoms with van der Waals surface area (Å²) in [5.41, 5.74) is 2.67. The molecule has 1 aromatic heterocycles. The molecule has 5 heteroatoms. The summed E-state index contributed by atoms with van der Waals surface area (Å²) in [5, 5.41) is 5.71. The highest BCUT2D eigenvalue weighted by molar-refractivity contribution is 5.94. The summed E-state index contributed by atoms with van der Waals surface area (Å²) in [6, 6.07) is 20.7. The molecule has 138 valence electrons. The van der Waals surface area contributed by atoms with E-state index in [1.807, 2.05) is 48.5 Å². The van der Waals surface area contributed by atoms with Crippen molar-refractivity contribution in [1.82, 2.24) is 10.6 Å². The molecule has 27 heavy (non-hydrogen) atoms. The summed E-state index contributed by atoms with van der Waals surface area (Å²) >= 11 is 0. The quantitative estimate of drug-likeness (QED) is 0.645. The molecule has 5 nitrogen and oxygen atoms in total. The monoisotopic (exact) mass is 362 g/mol. The molecule has 0 saturated heterocycles. The number of furan rings is 1. The summed E-state index contributed by atoms with van der Waals surface area (Å²) in [6.07, 6.45) is 2.75. The van der Waals surface area contributed by atoms with Crippen molar-refractivity contribution in [2.24, 2.45) is 0 Å². The van der Waals surface area contributed by atoms with E-state index < -0.39 is 0 Å². The Morgan fingerprint density at radius 3 is 2.26 bits per heavy atom. The molecule has 0 aliphatic rings. The number of rotatable bonds is 8. The van der Waals surface area contributed by atoms with Crippen molar-refractivity contribution >= 4 is 11.8 Å². The second kappa shape index (κ2) is 9.38. The number of hydrogen-bond donors (Lipinski definition) is 2. The number of benzene rings is 2. The lowest BCUT2D eigenvalue weighted by atomic mass is 10.1. The molecule has 0 atom stereocenters. The Hall–Kier alpha value is -3.34. The van der Waals surface area contributed by atoms with Gasteiger partial charge >= 0.3 is 0 Å². The van der Waals surface area contributed by atoms with Crippen molar-refractivity contribution in [3.05, 3.63) is 95.4 Å². The SMILES string of the molecule is O=C(CCc1ccccc1)NCc1ccc(C(=O)NCc2ccco2)cc1. The second-order valence-corrected chi connectivity index (χ2v) is 6.22. The minimum absolute atomic E-state index is 0.0131. The van der Waals surface area contributed by atoms with Crippen LogP contribution in [0.1, 0.15) is 33.7 Å². The van der Waals surface area contributed by atoms with Crippen molar-refractivity contribution in [3.8, 4) is 0 Å². The smallest absolute Gasteiger partial charge is 0.251 e. The van der Waals surface area contributed by atoms with Gasteiger partial charge in [-0.05, 0) is 41.8 Å². The first-order chi connectivity index (χ1) is 13.2. The van der Waals surface area contributed by atoms with E-state index in [-0.39, 0.29) is 11.8 Å². The van der Waals surface area contributed by atoms with Crippen molar-refractivity contribution in [2.75, 3.05) is 0 Å². The Bertz CT molecular complexity index is 856. The van der Waals surface area contributed by atoms with Gasteiger partial charge in [-0.3, -0.25) is 9.59 Å². The van der Waals surface area contributed by atoms with Crippen LogP contribution >= 0.6 is 0 Å². The van der Waals surface area contributed by atoms with Crippen LogP contribution in [0, 0.1) is 0 Å². The third-order valence-electron chi connectivity index (χ3n) is 4.19. The Morgan fingerprint density at radius 1 is 0.778 bits per heavy atom. The Morgan fingerprint density at radius 2 is 1.56 bits per heavy atom. The number of carbonyl (C=O) groups is 2.